The quantitative estimate of drug-likeness (QED) is 0.00607. The number of carbonyl (C=O) groups is 4. The van der Waals surface area contributed by atoms with E-state index in [2.05, 4.69) is 59.6 Å². The van der Waals surface area contributed by atoms with Crippen LogP contribution in [0.2, 0.25) is 77.1 Å². The summed E-state index contributed by atoms with van der Waals surface area (Å²) in [5.74, 6) is -3.65. The molecule has 2 aliphatic carbocycles. The zero-order valence-electron chi connectivity index (χ0n) is 77.0. The van der Waals surface area contributed by atoms with E-state index in [-0.39, 0.29) is 37.6 Å². The average Bonchev–Trinajstić information content (AvgIpc) is 1.58. The second kappa shape index (κ2) is 52.6. The Morgan fingerprint density at radius 1 is 0.424 bits per heavy atom. The molecule has 734 valence electrons. The van der Waals surface area contributed by atoms with Gasteiger partial charge in [-0.05, 0) is 127 Å². The Bertz CT molecular complexity index is 4650. The first-order valence-corrected chi connectivity index (χ1v) is 56.1. The lowest BCUT2D eigenvalue weighted by molar-refractivity contribution is -0.395. The number of rotatable bonds is 51. The number of non-ortho nitro benzene ring substituents is 4. The Morgan fingerprint density at radius 3 is 0.955 bits per heavy atom. The van der Waals surface area contributed by atoms with Gasteiger partial charge in [0.15, 0.2) is 30.7 Å². The number of nitro benzene ring substituents is 8. The summed E-state index contributed by atoms with van der Waals surface area (Å²) in [6, 6.07) is 7.41. The Hall–Kier alpha value is -10.7. The van der Waals surface area contributed by atoms with E-state index in [4.69, 9.17) is 82.1 Å². The molecule has 3 aliphatic rings. The molecule has 0 radical (unpaired) electrons. The van der Waals surface area contributed by atoms with Crippen LogP contribution in [0.25, 0.3) is 22.3 Å². The molecule has 6 unspecified atom stereocenters. The van der Waals surface area contributed by atoms with Crippen molar-refractivity contribution in [1.82, 2.24) is 0 Å². The van der Waals surface area contributed by atoms with Gasteiger partial charge < -0.3 is 97.2 Å². The van der Waals surface area contributed by atoms with E-state index < -0.39 is 236 Å². The fourth-order valence-corrected chi connectivity index (χ4v) is 29.5. The largest absolute Gasteiger partial charge is 0.490 e. The number of hydrogen-bond donors (Lipinski definition) is 3. The number of epoxide rings is 1. The zero-order valence-corrected chi connectivity index (χ0v) is 83.0. The number of ketones is 1. The maximum Gasteiger partial charge on any atom is 0.490 e. The molecule has 7 rings (SSSR count). The van der Waals surface area contributed by atoms with Crippen molar-refractivity contribution in [1.29, 1.82) is 0 Å². The first-order valence-electron chi connectivity index (χ1n) is 40.1. The Morgan fingerprint density at radius 2 is 0.697 bits per heavy atom. The van der Waals surface area contributed by atoms with Crippen molar-refractivity contribution < 1.29 is 156 Å². The first kappa shape index (κ1) is 115. The van der Waals surface area contributed by atoms with Crippen molar-refractivity contribution in [2.24, 2.45) is 15.5 Å². The molecule has 0 aromatic heterocycles. The number of fused-ring (bicyclic) bond motifs is 6. The van der Waals surface area contributed by atoms with E-state index in [1.54, 1.807) is 56.1 Å². The molecule has 1 aliphatic heterocycles. The Balaban J connectivity index is 0.000000466. The molecule has 52 nitrogen and oxygen atoms in total. The molecule has 58 heteroatoms. The van der Waals surface area contributed by atoms with Gasteiger partial charge in [0.05, 0.1) is 124 Å². The summed E-state index contributed by atoms with van der Waals surface area (Å²) in [5.41, 5.74) is -9.32. The van der Waals surface area contributed by atoms with Gasteiger partial charge in [-0.2, -0.15) is 0 Å². The van der Waals surface area contributed by atoms with Crippen molar-refractivity contribution >= 4 is 138 Å². The van der Waals surface area contributed by atoms with Crippen LogP contribution in [0.1, 0.15) is 94.8 Å². The fraction of sp³-hybridized carbons (Fsp3) is 0.581. The molecule has 0 saturated carbocycles. The second-order valence-corrected chi connectivity index (χ2v) is 55.2. The minimum absolute atomic E-state index is 0.0537. The van der Waals surface area contributed by atoms with Crippen molar-refractivity contribution in [3.63, 3.8) is 0 Å². The highest BCUT2D eigenvalue weighted by molar-refractivity contribution is 6.81. The average molecular weight is 1980 g/mol. The number of carboxylic acid groups (broad SMARTS) is 1. The minimum Gasteiger partial charge on any atom is -0.478 e. The lowest BCUT2D eigenvalue weighted by Crippen LogP contribution is -2.51. The van der Waals surface area contributed by atoms with E-state index in [1.807, 2.05) is 19.6 Å². The van der Waals surface area contributed by atoms with Crippen LogP contribution in [0.15, 0.2) is 64.0 Å². The normalized spacial score (nSPS) is 14.1. The van der Waals surface area contributed by atoms with Gasteiger partial charge in [0.1, 0.15) is 37.2 Å². The number of carbonyl (C=O) groups excluding carboxylic acids is 3. The number of benzene rings is 4. The topological polar surface area (TPSA) is 681 Å². The van der Waals surface area contributed by atoms with Crippen molar-refractivity contribution in [2.75, 3.05) is 102 Å². The standard InChI is InChI=1S/C27H35N5O16Si2.C17H37NO8Si2.C13H4N4O9.C11H26O5Si2.C6H11NO3/c1-16(27(34)46-15-19(33)14-45-8-7-9-50(43-2,44-3)48-49(4,5)6)47-28-26-20-10-17(29(35)36)12-22(31(39)40)24(20)25-21(26)11-18(30(37)38)13-23(25)32(41)42;1-14(2)18-25-15(3)17(20)24-13-16(19)12-23-10-9-11-28(21-4,22-5)26-27(6,7)8;18-13-7-1-5(14(19)20)3-9(16(23)24)11(7)12-8(13)2-6(15(21)22)4-10(12)17(25)26;1-12-18(13-2,16-17(3,4)5)8-6-7-14-9-11-10-15-11;1-4(2)7-10-5(3)6(8)9/h10-13,16,19,33H,7-9,14-15H2,1-6H3;15-16,19H,9-13H2,1-8H3;1-4H;11H,6-10H2,1-5H3;5H,1-3H3,(H,8,9). The number of nitro groups is 8. The van der Waals surface area contributed by atoms with E-state index in [9.17, 15) is 110 Å². The first-order chi connectivity index (χ1) is 61.4. The van der Waals surface area contributed by atoms with Gasteiger partial charge in [-0.3, -0.25) is 85.7 Å². The lowest BCUT2D eigenvalue weighted by Gasteiger charge is -2.33. The maximum absolute atomic E-state index is 12.6. The maximum atomic E-state index is 12.6. The third-order valence-electron chi connectivity index (χ3n) is 17.4. The number of aliphatic carboxylic acids is 1. The summed E-state index contributed by atoms with van der Waals surface area (Å²) in [6.45, 7) is 31.9. The lowest BCUT2D eigenvalue weighted by atomic mass is 10.0. The van der Waals surface area contributed by atoms with Gasteiger partial charge in [0.25, 0.3) is 45.5 Å². The minimum atomic E-state index is -2.88. The number of hydrogen-bond acceptors (Lipinski definition) is 43. The van der Waals surface area contributed by atoms with Crippen LogP contribution in [0.4, 0.5) is 45.5 Å². The molecule has 4 aromatic rings. The predicted octanol–water partition coefficient (Wildman–Crippen LogP) is 11.3. The van der Waals surface area contributed by atoms with Crippen LogP contribution in [0.3, 0.4) is 0 Å². The molecule has 4 aromatic carbocycles. The van der Waals surface area contributed by atoms with Crippen LogP contribution in [-0.2, 0) is 96.2 Å². The van der Waals surface area contributed by atoms with E-state index >= 15 is 0 Å². The van der Waals surface area contributed by atoms with Crippen LogP contribution in [0, 0.1) is 80.9 Å². The highest BCUT2D eigenvalue weighted by atomic mass is 28.5. The van der Waals surface area contributed by atoms with Crippen LogP contribution in [0.5, 0.6) is 0 Å². The van der Waals surface area contributed by atoms with Crippen molar-refractivity contribution in [3.05, 3.63) is 152 Å². The van der Waals surface area contributed by atoms with Crippen LogP contribution in [-0.4, -0.2) is 286 Å². The van der Waals surface area contributed by atoms with E-state index in [1.165, 1.54) is 35.0 Å². The van der Waals surface area contributed by atoms with E-state index in [0.717, 1.165) is 43.3 Å². The smallest absolute Gasteiger partial charge is 0.478 e. The highest BCUT2D eigenvalue weighted by Gasteiger charge is 2.48. The Labute approximate surface area is 762 Å². The van der Waals surface area contributed by atoms with Crippen LogP contribution >= 0.6 is 0 Å². The number of esters is 2. The molecule has 1 heterocycles. The zero-order chi connectivity index (χ0) is 100. The molecule has 0 bridgehead atoms. The van der Waals surface area contributed by atoms with Gasteiger partial charge in [0, 0.05) is 127 Å². The molecule has 132 heavy (non-hydrogen) atoms. The summed E-state index contributed by atoms with van der Waals surface area (Å²) in [5, 5.41) is 131. The van der Waals surface area contributed by atoms with Gasteiger partial charge in [-0.15, -0.1) is 0 Å². The molecular formula is C74H113N11O41Si6. The van der Waals surface area contributed by atoms with Crippen molar-refractivity contribution in [3.8, 4) is 22.3 Å². The van der Waals surface area contributed by atoms with Gasteiger partial charge in [-0.25, -0.2) is 14.4 Å². The second-order valence-electron chi connectivity index (χ2n) is 32.0. The summed E-state index contributed by atoms with van der Waals surface area (Å²) in [4.78, 5) is 145. The molecule has 0 amide bonds. The number of aliphatic hydroxyl groups is 2. The van der Waals surface area contributed by atoms with Gasteiger partial charge >= 0.3 is 44.3 Å². The molecule has 3 N–H and O–H groups in total. The molecule has 0 spiro atoms. The SMILES string of the molecule is CC(C)=NOC(C)C(=O)O.CO[Si](CCCOCC(O)COC(=O)C(C)ON=C(C)C)(OC)O[Si](C)(C)C.CO[Si](CCCOCC(O)COC(=O)C(C)ON=C1c2cc([N+](=O)[O-])cc([N+](=O)[O-])c2-c2c1cc([N+](=O)[O-])cc2[N+](=O)[O-])(OC)O[Si](C)(C)C.CO[Si](CCCOCC1CO1)(OC)O[Si](C)(C)C.O=C1c2cc([N+](=O)[O-])cc([N+](=O)[O-])c2-c2c1cc([N+](=O)[O-])cc2[N+](=O)[O-]. The highest BCUT2D eigenvalue weighted by Crippen LogP contribution is 2.52. The summed E-state index contributed by atoms with van der Waals surface area (Å²) in [7, 11) is -3.88. The van der Waals surface area contributed by atoms with Gasteiger partial charge in [-0.1, -0.05) is 15.5 Å². The van der Waals surface area contributed by atoms with Gasteiger partial charge in [0.2, 0.25) is 18.3 Å². The summed E-state index contributed by atoms with van der Waals surface area (Å²) < 4.78 is 83.3. The fourth-order valence-electron chi connectivity index (χ4n) is 11.6. The molecule has 1 fully saturated rings. The number of ether oxygens (including phenoxy) is 6. The third-order valence-corrected chi connectivity index (χ3v) is 35.1. The monoisotopic (exact) mass is 1980 g/mol. The van der Waals surface area contributed by atoms with Crippen molar-refractivity contribution in [2.45, 2.75) is 181 Å². The summed E-state index contributed by atoms with van der Waals surface area (Å²) >= 11 is 0. The number of nitrogens with zero attached hydrogens (tertiary/aromatic N) is 11. The summed E-state index contributed by atoms with van der Waals surface area (Å²) in [6.07, 6.45) is -2.98. The van der Waals surface area contributed by atoms with Crippen LogP contribution < -0.4 is 0 Å². The third kappa shape index (κ3) is 37.0. The predicted molar refractivity (Wildman–Crippen MR) is 480 cm³/mol. The number of oxime groups is 3. The molecule has 1 saturated heterocycles. The Kier molecular flexibility index (Phi) is 46.0. The number of aliphatic hydroxyl groups excluding tert-OH is 2. The number of carboxylic acids is 1. The molecular weight excluding hydrogens is 1870 g/mol. The van der Waals surface area contributed by atoms with E-state index in [0.29, 0.717) is 86.5 Å². The molecule has 6 atom stereocenters.